The number of aromatic nitrogens is 3. The van der Waals surface area contributed by atoms with Gasteiger partial charge < -0.3 is 8.98 Å². The SMILES string of the molecule is c1ccc(-c2ccc(-c3nc(-c4cccc5oc6cc(-n7c8ccc9ccccc9c8c8c9ccccc9ccc87)ccc6c45)nc4c3sc3ccccc34)cc2)cc1. The van der Waals surface area contributed by atoms with Gasteiger partial charge in [0.1, 0.15) is 11.2 Å². The van der Waals surface area contributed by atoms with Crippen molar-refractivity contribution in [3.63, 3.8) is 0 Å². The van der Waals surface area contributed by atoms with Gasteiger partial charge in [-0.3, -0.25) is 0 Å². The Morgan fingerprint density at radius 3 is 1.83 bits per heavy atom. The van der Waals surface area contributed by atoms with Crippen LogP contribution < -0.4 is 0 Å². The van der Waals surface area contributed by atoms with Crippen molar-refractivity contribution in [2.75, 3.05) is 0 Å². The van der Waals surface area contributed by atoms with Crippen molar-refractivity contribution in [2.45, 2.75) is 0 Å². The summed E-state index contributed by atoms with van der Waals surface area (Å²) in [4.78, 5) is 10.8. The molecule has 0 N–H and O–H groups in total. The first-order valence-corrected chi connectivity index (χ1v) is 20.7. The Bertz CT molecular complexity index is 3740. The van der Waals surface area contributed by atoms with E-state index in [-0.39, 0.29) is 0 Å². The molecule has 0 aliphatic rings. The molecule has 13 aromatic rings. The van der Waals surface area contributed by atoms with Gasteiger partial charge in [-0.15, -0.1) is 11.3 Å². The van der Waals surface area contributed by atoms with E-state index >= 15 is 0 Å². The summed E-state index contributed by atoms with van der Waals surface area (Å²) in [6.07, 6.45) is 0. The smallest absolute Gasteiger partial charge is 0.161 e. The van der Waals surface area contributed by atoms with Gasteiger partial charge in [0.05, 0.1) is 26.9 Å². The van der Waals surface area contributed by atoms with Gasteiger partial charge in [0, 0.05) is 54.5 Å². The molecular weight excluding hydrogens is 739 g/mol. The third kappa shape index (κ3) is 4.83. The van der Waals surface area contributed by atoms with E-state index in [0.29, 0.717) is 5.82 Å². The average Bonchev–Trinajstić information content (AvgIpc) is 3.98. The van der Waals surface area contributed by atoms with Crippen molar-refractivity contribution < 1.29 is 4.42 Å². The molecule has 0 aliphatic heterocycles. The van der Waals surface area contributed by atoms with Crippen molar-refractivity contribution in [2.24, 2.45) is 0 Å². The normalized spacial score (nSPS) is 12.1. The van der Waals surface area contributed by atoms with Crippen molar-refractivity contribution in [3.8, 4) is 39.5 Å². The van der Waals surface area contributed by atoms with Gasteiger partial charge in [-0.1, -0.05) is 146 Å². The molecule has 13 rings (SSSR count). The number of fused-ring (bicyclic) bond motifs is 13. The van der Waals surface area contributed by atoms with Crippen LogP contribution in [0.1, 0.15) is 0 Å². The second-order valence-corrected chi connectivity index (χ2v) is 16.3. The highest BCUT2D eigenvalue weighted by Gasteiger charge is 2.22. The Labute approximate surface area is 341 Å². The molecular formula is C54H31N3OS. The molecule has 4 aromatic heterocycles. The van der Waals surface area contributed by atoms with Gasteiger partial charge >= 0.3 is 0 Å². The van der Waals surface area contributed by atoms with E-state index in [4.69, 9.17) is 14.4 Å². The predicted octanol–water partition coefficient (Wildman–Crippen LogP) is 15.1. The van der Waals surface area contributed by atoms with Crippen LogP contribution in [0.5, 0.6) is 0 Å². The fourth-order valence-electron chi connectivity index (χ4n) is 9.32. The molecule has 274 valence electrons. The molecule has 59 heavy (non-hydrogen) atoms. The fraction of sp³-hybridized carbons (Fsp3) is 0. The van der Waals surface area contributed by atoms with Crippen LogP contribution in [-0.4, -0.2) is 14.5 Å². The summed E-state index contributed by atoms with van der Waals surface area (Å²) in [5.74, 6) is 0.682. The molecule has 0 radical (unpaired) electrons. The molecule has 0 spiro atoms. The molecule has 0 aliphatic carbocycles. The van der Waals surface area contributed by atoms with Crippen LogP contribution in [0.2, 0.25) is 0 Å². The number of hydrogen-bond acceptors (Lipinski definition) is 4. The Morgan fingerprint density at radius 2 is 1.08 bits per heavy atom. The fourth-order valence-corrected chi connectivity index (χ4v) is 10.5. The Morgan fingerprint density at radius 1 is 0.441 bits per heavy atom. The van der Waals surface area contributed by atoms with Crippen molar-refractivity contribution in [3.05, 3.63) is 188 Å². The molecule has 0 atom stereocenters. The maximum atomic E-state index is 6.76. The van der Waals surface area contributed by atoms with Crippen LogP contribution >= 0.6 is 11.3 Å². The summed E-state index contributed by atoms with van der Waals surface area (Å²) < 4.78 is 11.4. The molecule has 9 aromatic carbocycles. The molecule has 0 saturated carbocycles. The molecule has 0 amide bonds. The lowest BCUT2D eigenvalue weighted by atomic mass is 10.00. The highest BCUT2D eigenvalue weighted by molar-refractivity contribution is 7.26. The van der Waals surface area contributed by atoms with Gasteiger partial charge in [-0.05, 0) is 69.1 Å². The number of hydrogen-bond donors (Lipinski definition) is 0. The monoisotopic (exact) mass is 769 g/mol. The van der Waals surface area contributed by atoms with Gasteiger partial charge in [0.15, 0.2) is 5.82 Å². The van der Waals surface area contributed by atoms with Crippen LogP contribution in [-0.2, 0) is 0 Å². The second-order valence-electron chi connectivity index (χ2n) is 15.3. The van der Waals surface area contributed by atoms with E-state index < -0.39 is 0 Å². The summed E-state index contributed by atoms with van der Waals surface area (Å²) >= 11 is 1.75. The molecule has 4 heterocycles. The molecule has 5 heteroatoms. The summed E-state index contributed by atoms with van der Waals surface area (Å²) in [6, 6.07) is 67.1. The van der Waals surface area contributed by atoms with E-state index in [1.807, 2.05) is 0 Å². The second kappa shape index (κ2) is 12.4. The van der Waals surface area contributed by atoms with Crippen molar-refractivity contribution in [1.82, 2.24) is 14.5 Å². The first kappa shape index (κ1) is 32.5. The van der Waals surface area contributed by atoms with Crippen LogP contribution in [0.3, 0.4) is 0 Å². The topological polar surface area (TPSA) is 43.9 Å². The van der Waals surface area contributed by atoms with E-state index in [0.717, 1.165) is 60.0 Å². The van der Waals surface area contributed by atoms with Crippen molar-refractivity contribution in [1.29, 1.82) is 0 Å². The lowest BCUT2D eigenvalue weighted by Crippen LogP contribution is -1.94. The van der Waals surface area contributed by atoms with Gasteiger partial charge in [0.25, 0.3) is 0 Å². The Kier molecular flexibility index (Phi) is 6.85. The zero-order valence-electron chi connectivity index (χ0n) is 31.6. The molecule has 4 nitrogen and oxygen atoms in total. The first-order valence-electron chi connectivity index (χ1n) is 19.9. The maximum Gasteiger partial charge on any atom is 0.161 e. The highest BCUT2D eigenvalue weighted by atomic mass is 32.1. The van der Waals surface area contributed by atoms with E-state index in [1.54, 1.807) is 11.3 Å². The summed E-state index contributed by atoms with van der Waals surface area (Å²) in [5, 5.41) is 10.7. The summed E-state index contributed by atoms with van der Waals surface area (Å²) in [6.45, 7) is 0. The summed E-state index contributed by atoms with van der Waals surface area (Å²) in [7, 11) is 0. The van der Waals surface area contributed by atoms with Gasteiger partial charge in [-0.2, -0.15) is 0 Å². The number of thiophene rings is 1. The lowest BCUT2D eigenvalue weighted by molar-refractivity contribution is 0.668. The third-order valence-corrected chi connectivity index (χ3v) is 13.2. The molecule has 0 bridgehead atoms. The lowest BCUT2D eigenvalue weighted by Gasteiger charge is -2.10. The zero-order chi connectivity index (χ0) is 38.6. The van der Waals surface area contributed by atoms with E-state index in [2.05, 4.69) is 193 Å². The summed E-state index contributed by atoms with van der Waals surface area (Å²) in [5.41, 5.74) is 11.3. The molecule has 0 unspecified atom stereocenters. The minimum atomic E-state index is 0.682. The first-order chi connectivity index (χ1) is 29.2. The van der Waals surface area contributed by atoms with E-state index in [9.17, 15) is 0 Å². The van der Waals surface area contributed by atoms with Gasteiger partial charge in [-0.25, -0.2) is 9.97 Å². The maximum absolute atomic E-state index is 6.76. The molecule has 0 saturated heterocycles. The zero-order valence-corrected chi connectivity index (χ0v) is 32.4. The van der Waals surface area contributed by atoms with Crippen LogP contribution in [0, 0.1) is 0 Å². The number of nitrogens with zero attached hydrogens (tertiary/aromatic N) is 3. The largest absolute Gasteiger partial charge is 0.456 e. The minimum Gasteiger partial charge on any atom is -0.456 e. The van der Waals surface area contributed by atoms with Crippen LogP contribution in [0.4, 0.5) is 0 Å². The van der Waals surface area contributed by atoms with Crippen molar-refractivity contribution >= 4 is 96.9 Å². The standard InChI is InChI=1S/C54H31N3OS/c1-2-11-32(12-3-1)33-21-23-36(24-22-33)51-53-52(41-17-8-9-20-47(41)59-53)56-54(55-51)42-18-10-19-45-48(42)40-28-27-37(31-46(40)58-45)57-43-29-25-34-13-4-6-15-38(34)49(43)50-39-16-7-5-14-35(39)26-30-44(50)57/h1-31H. The molecule has 0 fully saturated rings. The number of benzene rings is 9. The minimum absolute atomic E-state index is 0.682. The third-order valence-electron chi connectivity index (χ3n) is 12.0. The highest BCUT2D eigenvalue weighted by Crippen LogP contribution is 2.44. The number of rotatable bonds is 4. The number of furan rings is 1. The van der Waals surface area contributed by atoms with E-state index in [1.165, 1.54) is 59.2 Å². The Hall–Kier alpha value is -7.60. The van der Waals surface area contributed by atoms with Crippen LogP contribution in [0.25, 0.3) is 125 Å². The van der Waals surface area contributed by atoms with Crippen LogP contribution in [0.15, 0.2) is 192 Å². The quantitative estimate of drug-likeness (QED) is 0.179. The van der Waals surface area contributed by atoms with Gasteiger partial charge in [0.2, 0.25) is 0 Å². The Balaban J connectivity index is 1.02. The predicted molar refractivity (Wildman–Crippen MR) is 248 cm³/mol. The average molecular weight is 770 g/mol.